The molecule has 0 spiro atoms. The van der Waals surface area contributed by atoms with Crippen molar-refractivity contribution in [1.82, 2.24) is 5.32 Å². The highest BCUT2D eigenvalue weighted by Crippen LogP contribution is 2.25. The third kappa shape index (κ3) is 3.97. The van der Waals surface area contributed by atoms with E-state index < -0.39 is 0 Å². The fraction of sp³-hybridized carbons (Fsp3) is 0.500. The quantitative estimate of drug-likeness (QED) is 0.553. The average Bonchev–Trinajstić information content (AvgIpc) is 2.44. The van der Waals surface area contributed by atoms with Crippen molar-refractivity contribution in [3.05, 3.63) is 29.8 Å². The highest BCUT2D eigenvalue weighted by Gasteiger charge is 2.37. The first-order valence-corrected chi connectivity index (χ1v) is 6.82. The standard InChI is InChI=1S/C16H21NO3/c1-2-3-8-20-15-6-4-14(5-7-15)9-17-10-16(11-18)12-19-13-16/h1,4-7,17-18H,3,8-13H2. The Kier molecular flexibility index (Phi) is 5.42. The summed E-state index contributed by atoms with van der Waals surface area (Å²) in [4.78, 5) is 0. The molecule has 108 valence electrons. The normalized spacial score (nSPS) is 16.2. The number of rotatable bonds is 8. The molecular weight excluding hydrogens is 254 g/mol. The van der Waals surface area contributed by atoms with Crippen LogP contribution in [0.2, 0.25) is 0 Å². The Labute approximate surface area is 120 Å². The maximum absolute atomic E-state index is 9.32. The minimum absolute atomic E-state index is 0.0850. The van der Waals surface area contributed by atoms with Gasteiger partial charge in [0.15, 0.2) is 0 Å². The Morgan fingerprint density at radius 3 is 2.65 bits per heavy atom. The summed E-state index contributed by atoms with van der Waals surface area (Å²) in [6.45, 7) is 3.53. The minimum Gasteiger partial charge on any atom is -0.493 e. The van der Waals surface area contributed by atoms with Gasteiger partial charge in [-0.25, -0.2) is 0 Å². The lowest BCUT2D eigenvalue weighted by Crippen LogP contribution is -2.52. The van der Waals surface area contributed by atoms with E-state index in [4.69, 9.17) is 15.9 Å². The fourth-order valence-electron chi connectivity index (χ4n) is 2.04. The van der Waals surface area contributed by atoms with Gasteiger partial charge < -0.3 is 19.9 Å². The molecule has 0 aromatic heterocycles. The molecule has 1 aliphatic heterocycles. The van der Waals surface area contributed by atoms with Gasteiger partial charge in [0.05, 0.1) is 31.8 Å². The summed E-state index contributed by atoms with van der Waals surface area (Å²) >= 11 is 0. The number of ether oxygens (including phenoxy) is 2. The molecule has 4 nitrogen and oxygen atoms in total. The van der Waals surface area contributed by atoms with Crippen molar-refractivity contribution in [2.45, 2.75) is 13.0 Å². The number of hydrogen-bond donors (Lipinski definition) is 2. The van der Waals surface area contributed by atoms with Crippen LogP contribution in [0.25, 0.3) is 0 Å². The first-order chi connectivity index (χ1) is 9.78. The largest absolute Gasteiger partial charge is 0.493 e. The molecule has 20 heavy (non-hydrogen) atoms. The summed E-state index contributed by atoms with van der Waals surface area (Å²) in [6, 6.07) is 7.95. The lowest BCUT2D eigenvalue weighted by molar-refractivity contribution is -0.134. The van der Waals surface area contributed by atoms with Crippen LogP contribution in [0.5, 0.6) is 5.75 Å². The van der Waals surface area contributed by atoms with Crippen LogP contribution < -0.4 is 10.1 Å². The molecule has 1 aromatic carbocycles. The molecule has 2 N–H and O–H groups in total. The third-order valence-corrected chi connectivity index (χ3v) is 3.42. The van der Waals surface area contributed by atoms with Gasteiger partial charge in [0, 0.05) is 19.5 Å². The van der Waals surface area contributed by atoms with Crippen molar-refractivity contribution in [1.29, 1.82) is 0 Å². The van der Waals surface area contributed by atoms with Crippen LogP contribution in [0, 0.1) is 17.8 Å². The molecule has 0 aliphatic carbocycles. The number of terminal acetylenes is 1. The zero-order valence-electron chi connectivity index (χ0n) is 11.6. The average molecular weight is 275 g/mol. The number of benzene rings is 1. The maximum atomic E-state index is 9.32. The molecule has 1 aromatic rings. The monoisotopic (exact) mass is 275 g/mol. The third-order valence-electron chi connectivity index (χ3n) is 3.42. The van der Waals surface area contributed by atoms with E-state index in [9.17, 15) is 5.11 Å². The second kappa shape index (κ2) is 7.30. The fourth-order valence-corrected chi connectivity index (χ4v) is 2.04. The van der Waals surface area contributed by atoms with E-state index in [0.717, 1.165) is 18.8 Å². The van der Waals surface area contributed by atoms with Crippen molar-refractivity contribution in [2.24, 2.45) is 5.41 Å². The summed E-state index contributed by atoms with van der Waals surface area (Å²) in [5.41, 5.74) is 1.10. The van der Waals surface area contributed by atoms with Gasteiger partial charge >= 0.3 is 0 Å². The smallest absolute Gasteiger partial charge is 0.119 e. The van der Waals surface area contributed by atoms with E-state index >= 15 is 0 Å². The molecule has 0 bridgehead atoms. The van der Waals surface area contributed by atoms with Gasteiger partial charge in [-0.3, -0.25) is 0 Å². The van der Waals surface area contributed by atoms with Crippen molar-refractivity contribution in [3.8, 4) is 18.1 Å². The van der Waals surface area contributed by atoms with Crippen molar-refractivity contribution in [2.75, 3.05) is 33.0 Å². The second-order valence-electron chi connectivity index (χ2n) is 5.20. The Morgan fingerprint density at radius 2 is 2.10 bits per heavy atom. The number of aliphatic hydroxyl groups excluding tert-OH is 1. The predicted molar refractivity (Wildman–Crippen MR) is 77.4 cm³/mol. The summed E-state index contributed by atoms with van der Waals surface area (Å²) in [7, 11) is 0. The molecule has 1 saturated heterocycles. The van der Waals surface area contributed by atoms with E-state index in [0.29, 0.717) is 26.2 Å². The Bertz CT molecular complexity index is 440. The van der Waals surface area contributed by atoms with Crippen LogP contribution in [0.1, 0.15) is 12.0 Å². The van der Waals surface area contributed by atoms with E-state index in [2.05, 4.69) is 11.2 Å². The molecule has 0 radical (unpaired) electrons. The van der Waals surface area contributed by atoms with Crippen LogP contribution in [0.3, 0.4) is 0 Å². The molecule has 4 heteroatoms. The van der Waals surface area contributed by atoms with Gasteiger partial charge in [0.25, 0.3) is 0 Å². The summed E-state index contributed by atoms with van der Waals surface area (Å²) in [6.07, 6.45) is 5.79. The first-order valence-electron chi connectivity index (χ1n) is 6.82. The van der Waals surface area contributed by atoms with Crippen molar-refractivity contribution >= 4 is 0 Å². The zero-order valence-corrected chi connectivity index (χ0v) is 11.6. The molecular formula is C16H21NO3. The van der Waals surface area contributed by atoms with Crippen molar-refractivity contribution < 1.29 is 14.6 Å². The van der Waals surface area contributed by atoms with Crippen LogP contribution in [0.15, 0.2) is 24.3 Å². The Morgan fingerprint density at radius 1 is 1.35 bits per heavy atom. The number of hydrogen-bond acceptors (Lipinski definition) is 4. The summed E-state index contributed by atoms with van der Waals surface area (Å²) < 4.78 is 10.7. The van der Waals surface area contributed by atoms with Crippen LogP contribution in [-0.4, -0.2) is 38.1 Å². The molecule has 1 aliphatic rings. The molecule has 1 fully saturated rings. The first kappa shape index (κ1) is 14.9. The minimum atomic E-state index is -0.0850. The second-order valence-corrected chi connectivity index (χ2v) is 5.20. The van der Waals surface area contributed by atoms with E-state index in [-0.39, 0.29) is 12.0 Å². The van der Waals surface area contributed by atoms with Gasteiger partial charge in [-0.1, -0.05) is 12.1 Å². The van der Waals surface area contributed by atoms with Gasteiger partial charge in [0.1, 0.15) is 5.75 Å². The maximum Gasteiger partial charge on any atom is 0.119 e. The van der Waals surface area contributed by atoms with Gasteiger partial charge in [0.2, 0.25) is 0 Å². The van der Waals surface area contributed by atoms with Crippen molar-refractivity contribution in [3.63, 3.8) is 0 Å². The molecule has 0 atom stereocenters. The van der Waals surface area contributed by atoms with Gasteiger partial charge in [-0.15, -0.1) is 12.3 Å². The Hall–Kier alpha value is -1.54. The highest BCUT2D eigenvalue weighted by atomic mass is 16.5. The van der Waals surface area contributed by atoms with Gasteiger partial charge in [-0.2, -0.15) is 0 Å². The SMILES string of the molecule is C#CCCOc1ccc(CNCC2(CO)COC2)cc1. The number of nitrogens with one attached hydrogen (secondary N) is 1. The van der Waals surface area contributed by atoms with E-state index in [1.807, 2.05) is 24.3 Å². The molecule has 2 rings (SSSR count). The summed E-state index contributed by atoms with van der Waals surface area (Å²) in [5.74, 6) is 3.38. The summed E-state index contributed by atoms with van der Waals surface area (Å²) in [5, 5.41) is 12.7. The number of aliphatic hydroxyl groups is 1. The lowest BCUT2D eigenvalue weighted by Gasteiger charge is -2.40. The molecule has 0 amide bonds. The highest BCUT2D eigenvalue weighted by molar-refractivity contribution is 5.27. The topological polar surface area (TPSA) is 50.7 Å². The van der Waals surface area contributed by atoms with Gasteiger partial charge in [-0.05, 0) is 17.7 Å². The van der Waals surface area contributed by atoms with E-state index in [1.54, 1.807) is 0 Å². The van der Waals surface area contributed by atoms with E-state index in [1.165, 1.54) is 5.56 Å². The van der Waals surface area contributed by atoms with Crippen LogP contribution >= 0.6 is 0 Å². The predicted octanol–water partition coefficient (Wildman–Crippen LogP) is 1.19. The zero-order chi connectivity index (χ0) is 14.3. The van der Waals surface area contributed by atoms with Crippen LogP contribution in [0.4, 0.5) is 0 Å². The lowest BCUT2D eigenvalue weighted by atomic mass is 9.87. The molecule has 0 unspecified atom stereocenters. The van der Waals surface area contributed by atoms with Crippen LogP contribution in [-0.2, 0) is 11.3 Å². The Balaban J connectivity index is 1.72. The molecule has 1 heterocycles. The molecule has 0 saturated carbocycles.